The van der Waals surface area contributed by atoms with Crippen LogP contribution < -0.4 is 4.74 Å². The number of likely N-dealkylation sites (tertiary alicyclic amines) is 1. The second-order valence-corrected chi connectivity index (χ2v) is 7.07. The Morgan fingerprint density at radius 3 is 2.77 bits per heavy atom. The number of nitrogens with one attached hydrogen (secondary N) is 1. The van der Waals surface area contributed by atoms with Crippen LogP contribution in [0.3, 0.4) is 0 Å². The van der Waals surface area contributed by atoms with E-state index in [4.69, 9.17) is 16.3 Å². The fourth-order valence-corrected chi connectivity index (χ4v) is 3.44. The van der Waals surface area contributed by atoms with Gasteiger partial charge in [-0.05, 0) is 61.0 Å². The number of H-pyrrole nitrogens is 1. The minimum Gasteiger partial charge on any atom is -0.487 e. The summed E-state index contributed by atoms with van der Waals surface area (Å²) in [6.45, 7) is 3.57. The number of halogens is 1. The Labute approximate surface area is 158 Å². The number of rotatable bonds is 6. The molecule has 0 unspecified atom stereocenters. The molecule has 1 atom stereocenters. The normalized spacial score (nSPS) is 17.5. The Hall–Kier alpha value is -2.37. The predicted molar refractivity (Wildman–Crippen MR) is 101 cm³/mol. The number of aromatic nitrogens is 3. The van der Waals surface area contributed by atoms with Gasteiger partial charge in [0.2, 0.25) is 0 Å². The molecule has 134 valence electrons. The van der Waals surface area contributed by atoms with Crippen molar-refractivity contribution in [2.45, 2.75) is 25.5 Å². The highest BCUT2D eigenvalue weighted by Gasteiger charge is 2.25. The van der Waals surface area contributed by atoms with Crippen molar-refractivity contribution in [2.75, 3.05) is 13.1 Å². The second kappa shape index (κ2) is 7.89. The summed E-state index contributed by atoms with van der Waals surface area (Å²) in [6, 6.07) is 13.7. The van der Waals surface area contributed by atoms with Crippen LogP contribution in [0.4, 0.5) is 0 Å². The molecule has 6 heteroatoms. The molecular weight excluding hydrogens is 348 g/mol. The quantitative estimate of drug-likeness (QED) is 0.713. The Morgan fingerprint density at radius 2 is 1.96 bits per heavy atom. The molecular formula is C20H21ClN4O. The lowest BCUT2D eigenvalue weighted by atomic mass is 10.1. The maximum absolute atomic E-state index is 5.89. The summed E-state index contributed by atoms with van der Waals surface area (Å²) in [7, 11) is 0. The van der Waals surface area contributed by atoms with E-state index in [0.717, 1.165) is 43.2 Å². The zero-order chi connectivity index (χ0) is 17.8. The monoisotopic (exact) mass is 368 g/mol. The highest BCUT2D eigenvalue weighted by Crippen LogP contribution is 2.27. The largest absolute Gasteiger partial charge is 0.487 e. The molecule has 26 heavy (non-hydrogen) atoms. The van der Waals surface area contributed by atoms with Gasteiger partial charge in [-0.25, -0.2) is 0 Å². The molecule has 0 amide bonds. The van der Waals surface area contributed by atoms with Gasteiger partial charge in [0.05, 0.1) is 11.4 Å². The molecule has 0 saturated carbocycles. The molecule has 1 aromatic carbocycles. The lowest BCUT2D eigenvalue weighted by molar-refractivity contribution is 0.301. The van der Waals surface area contributed by atoms with Gasteiger partial charge < -0.3 is 4.74 Å². The molecule has 2 aromatic heterocycles. The number of hydrogen-bond acceptors (Lipinski definition) is 4. The zero-order valence-corrected chi connectivity index (χ0v) is 15.2. The lowest BCUT2D eigenvalue weighted by Gasteiger charge is -2.15. The van der Waals surface area contributed by atoms with Crippen molar-refractivity contribution in [3.05, 3.63) is 76.8 Å². The van der Waals surface area contributed by atoms with Gasteiger partial charge in [0.15, 0.2) is 0 Å². The fraction of sp³-hybridized carbons (Fsp3) is 0.300. The topological polar surface area (TPSA) is 54.0 Å². The first kappa shape index (κ1) is 17.1. The molecule has 0 radical (unpaired) electrons. The molecule has 1 aliphatic heterocycles. The van der Waals surface area contributed by atoms with E-state index in [1.807, 2.05) is 36.7 Å². The van der Waals surface area contributed by atoms with Crippen molar-refractivity contribution in [3.8, 4) is 5.75 Å². The van der Waals surface area contributed by atoms with E-state index < -0.39 is 0 Å². The van der Waals surface area contributed by atoms with Gasteiger partial charge >= 0.3 is 0 Å². The summed E-state index contributed by atoms with van der Waals surface area (Å²) >= 11 is 5.89. The van der Waals surface area contributed by atoms with E-state index in [1.54, 1.807) is 0 Å². The summed E-state index contributed by atoms with van der Waals surface area (Å²) in [4.78, 5) is 6.55. The summed E-state index contributed by atoms with van der Waals surface area (Å²) in [5, 5.41) is 8.31. The molecule has 3 aromatic rings. The molecule has 0 spiro atoms. The number of benzene rings is 1. The van der Waals surface area contributed by atoms with Crippen LogP contribution in [0, 0.1) is 0 Å². The average molecular weight is 369 g/mol. The van der Waals surface area contributed by atoms with Crippen LogP contribution in [0.5, 0.6) is 5.75 Å². The van der Waals surface area contributed by atoms with E-state index >= 15 is 0 Å². The van der Waals surface area contributed by atoms with Gasteiger partial charge in [-0.15, -0.1) is 0 Å². The maximum atomic E-state index is 5.89. The van der Waals surface area contributed by atoms with Crippen LogP contribution in [0.25, 0.3) is 0 Å². The van der Waals surface area contributed by atoms with E-state index in [-0.39, 0.29) is 0 Å². The van der Waals surface area contributed by atoms with Gasteiger partial charge in [-0.3, -0.25) is 15.0 Å². The van der Waals surface area contributed by atoms with E-state index in [9.17, 15) is 0 Å². The highest BCUT2D eigenvalue weighted by atomic mass is 35.5. The van der Waals surface area contributed by atoms with E-state index in [0.29, 0.717) is 17.5 Å². The van der Waals surface area contributed by atoms with E-state index in [1.165, 1.54) is 5.56 Å². The fourth-order valence-electron chi connectivity index (χ4n) is 3.32. The summed E-state index contributed by atoms with van der Waals surface area (Å²) in [5.74, 6) is 1.27. The average Bonchev–Trinajstić information content (AvgIpc) is 3.31. The number of pyridine rings is 1. The third-order valence-electron chi connectivity index (χ3n) is 4.70. The van der Waals surface area contributed by atoms with Gasteiger partial charge in [-0.2, -0.15) is 5.10 Å². The molecule has 0 aliphatic carbocycles. The minimum atomic E-state index is 0.470. The molecule has 5 nitrogen and oxygen atoms in total. The summed E-state index contributed by atoms with van der Waals surface area (Å²) in [6.07, 6.45) is 4.83. The third kappa shape index (κ3) is 4.23. The number of nitrogens with zero attached hydrogens (tertiary/aromatic N) is 3. The van der Waals surface area contributed by atoms with Crippen molar-refractivity contribution in [1.29, 1.82) is 0 Å². The first-order valence-electron chi connectivity index (χ1n) is 8.80. The molecule has 4 rings (SSSR count). The number of aromatic amines is 1. The van der Waals surface area contributed by atoms with Crippen molar-refractivity contribution >= 4 is 11.6 Å². The summed E-state index contributed by atoms with van der Waals surface area (Å²) in [5.41, 5.74) is 3.42. The lowest BCUT2D eigenvalue weighted by Crippen LogP contribution is -2.19. The third-order valence-corrected chi connectivity index (χ3v) is 4.96. The molecule has 1 saturated heterocycles. The van der Waals surface area contributed by atoms with Crippen LogP contribution in [0.2, 0.25) is 5.02 Å². The smallest absolute Gasteiger partial charge is 0.130 e. The Morgan fingerprint density at radius 1 is 1.15 bits per heavy atom. The van der Waals surface area contributed by atoms with Crippen LogP contribution in [0.1, 0.15) is 29.3 Å². The minimum absolute atomic E-state index is 0.470. The van der Waals surface area contributed by atoms with E-state index in [2.05, 4.69) is 38.3 Å². The number of hydrogen-bond donors (Lipinski definition) is 1. The Balaban J connectivity index is 1.31. The molecule has 1 N–H and O–H groups in total. The van der Waals surface area contributed by atoms with Crippen molar-refractivity contribution < 1.29 is 4.74 Å². The molecule has 1 fully saturated rings. The maximum Gasteiger partial charge on any atom is 0.130 e. The second-order valence-electron chi connectivity index (χ2n) is 6.64. The number of ether oxygens (including phenoxy) is 1. The first-order valence-corrected chi connectivity index (χ1v) is 9.18. The Bertz CT molecular complexity index is 835. The first-order chi connectivity index (χ1) is 12.8. The van der Waals surface area contributed by atoms with Gasteiger partial charge in [-0.1, -0.05) is 11.6 Å². The zero-order valence-electron chi connectivity index (χ0n) is 14.4. The van der Waals surface area contributed by atoms with Crippen LogP contribution in [0.15, 0.2) is 54.9 Å². The summed E-state index contributed by atoms with van der Waals surface area (Å²) < 4.78 is 5.78. The van der Waals surface area contributed by atoms with Crippen LogP contribution >= 0.6 is 11.6 Å². The van der Waals surface area contributed by atoms with Crippen molar-refractivity contribution in [1.82, 2.24) is 20.1 Å². The Kier molecular flexibility index (Phi) is 5.18. The standard InChI is InChI=1S/C20H21ClN4O/c21-17-1-3-19(4-2-17)26-14-18-11-20(24-23-18)16-7-10-25(13-16)12-15-5-8-22-9-6-15/h1-6,8-9,11,16H,7,10,12-14H2,(H,23,24)/t16-/m1/s1. The van der Waals surface area contributed by atoms with Crippen molar-refractivity contribution in [3.63, 3.8) is 0 Å². The van der Waals surface area contributed by atoms with Crippen molar-refractivity contribution in [2.24, 2.45) is 0 Å². The van der Waals surface area contributed by atoms with Gasteiger partial charge in [0.25, 0.3) is 0 Å². The molecule has 3 heterocycles. The van der Waals surface area contributed by atoms with Crippen LogP contribution in [-0.4, -0.2) is 33.2 Å². The van der Waals surface area contributed by atoms with Crippen LogP contribution in [-0.2, 0) is 13.2 Å². The predicted octanol–water partition coefficient (Wildman–Crippen LogP) is 4.03. The van der Waals surface area contributed by atoms with Gasteiger partial charge in [0.1, 0.15) is 12.4 Å². The van der Waals surface area contributed by atoms with Gasteiger partial charge in [0, 0.05) is 36.4 Å². The molecule has 1 aliphatic rings. The highest BCUT2D eigenvalue weighted by molar-refractivity contribution is 6.30. The SMILES string of the molecule is Clc1ccc(OCc2cc([C@@H]3CCN(Cc4ccncc4)C3)n[nH]2)cc1. The molecule has 0 bridgehead atoms.